The first kappa shape index (κ1) is 21.8. The monoisotopic (exact) mass is 393 g/mol. The first-order valence-corrected chi connectivity index (χ1v) is 9.59. The van der Waals surface area contributed by atoms with E-state index in [0.29, 0.717) is 19.7 Å². The number of esters is 1. The molecule has 0 atom stereocenters. The van der Waals surface area contributed by atoms with Crippen LogP contribution in [-0.4, -0.2) is 78.9 Å². The van der Waals surface area contributed by atoms with E-state index in [4.69, 9.17) is 14.6 Å². The number of benzene rings is 1. The third-order valence-corrected chi connectivity index (χ3v) is 4.90. The van der Waals surface area contributed by atoms with Gasteiger partial charge in [0.05, 0.1) is 7.11 Å². The highest BCUT2D eigenvalue weighted by atomic mass is 16.5. The molecule has 0 aliphatic carbocycles. The molecule has 8 heteroatoms. The number of methoxy groups -OCH3 is 1. The topological polar surface area (TPSA) is 91.3 Å². The van der Waals surface area contributed by atoms with Crippen LogP contribution in [0.3, 0.4) is 0 Å². The van der Waals surface area contributed by atoms with E-state index in [9.17, 15) is 9.59 Å². The molecule has 1 aliphatic heterocycles. The fourth-order valence-electron chi connectivity index (χ4n) is 3.19. The van der Waals surface area contributed by atoms with Crippen molar-refractivity contribution in [3.8, 4) is 5.75 Å². The van der Waals surface area contributed by atoms with E-state index in [0.717, 1.165) is 43.1 Å². The third kappa shape index (κ3) is 5.76. The van der Waals surface area contributed by atoms with Gasteiger partial charge in [0.25, 0.3) is 0 Å². The highest BCUT2D eigenvalue weighted by molar-refractivity contribution is 5.83. The number of ether oxygens (including phenoxy) is 2. The number of rotatable bonds is 8. The summed E-state index contributed by atoms with van der Waals surface area (Å²) in [6.07, 6.45) is -0.0478. The molecular formula is C20H31N3O5. The number of anilines is 1. The minimum absolute atomic E-state index is 0.325. The molecule has 1 aromatic rings. The molecule has 1 aliphatic rings. The van der Waals surface area contributed by atoms with Gasteiger partial charge >= 0.3 is 12.1 Å². The minimum Gasteiger partial charge on any atom is -0.492 e. The van der Waals surface area contributed by atoms with Gasteiger partial charge in [0.2, 0.25) is 0 Å². The number of hydrogen-bond donors (Lipinski definition) is 2. The Kier molecular flexibility index (Phi) is 7.51. The third-order valence-electron chi connectivity index (χ3n) is 4.90. The van der Waals surface area contributed by atoms with E-state index < -0.39 is 11.6 Å². The molecule has 0 radical (unpaired) electrons. The Balaban J connectivity index is 1.89. The van der Waals surface area contributed by atoms with Gasteiger partial charge in [-0.15, -0.1) is 0 Å². The highest BCUT2D eigenvalue weighted by Gasteiger charge is 2.28. The molecule has 0 bridgehead atoms. The van der Waals surface area contributed by atoms with Gasteiger partial charge in [0, 0.05) is 38.4 Å². The lowest BCUT2D eigenvalue weighted by Crippen LogP contribution is -2.49. The van der Waals surface area contributed by atoms with Gasteiger partial charge in [-0.25, -0.2) is 9.59 Å². The fraction of sp³-hybridized carbons (Fsp3) is 0.600. The Morgan fingerprint density at radius 2 is 1.89 bits per heavy atom. The van der Waals surface area contributed by atoms with Crippen LogP contribution in [0.1, 0.15) is 26.3 Å². The van der Waals surface area contributed by atoms with Crippen LogP contribution in [0.2, 0.25) is 0 Å². The SMILES string of the molecule is CCc1cc(NC(C)(C)C(=O)OC)ccc1OCCN1CCN(C(=O)O)CC1. The molecule has 1 heterocycles. The summed E-state index contributed by atoms with van der Waals surface area (Å²) in [5.41, 5.74) is 1.08. The maximum atomic E-state index is 11.9. The second kappa shape index (κ2) is 9.64. The number of aryl methyl sites for hydroxylation is 1. The van der Waals surface area contributed by atoms with Crippen LogP contribution in [-0.2, 0) is 16.0 Å². The van der Waals surface area contributed by atoms with Gasteiger partial charge in [-0.05, 0) is 44.0 Å². The van der Waals surface area contributed by atoms with Gasteiger partial charge in [-0.3, -0.25) is 4.90 Å². The van der Waals surface area contributed by atoms with Crippen molar-refractivity contribution in [1.29, 1.82) is 0 Å². The molecule has 28 heavy (non-hydrogen) atoms. The Morgan fingerprint density at radius 3 is 2.46 bits per heavy atom. The number of carbonyl (C=O) groups excluding carboxylic acids is 1. The van der Waals surface area contributed by atoms with Gasteiger partial charge in [-0.1, -0.05) is 6.92 Å². The molecular weight excluding hydrogens is 362 g/mol. The Hall–Kier alpha value is -2.48. The van der Waals surface area contributed by atoms with Crippen molar-refractivity contribution in [2.24, 2.45) is 0 Å². The largest absolute Gasteiger partial charge is 0.492 e. The smallest absolute Gasteiger partial charge is 0.407 e. The zero-order chi connectivity index (χ0) is 20.7. The molecule has 1 aromatic carbocycles. The van der Waals surface area contributed by atoms with Crippen molar-refractivity contribution in [2.75, 3.05) is 51.8 Å². The van der Waals surface area contributed by atoms with Gasteiger partial charge in [0.15, 0.2) is 0 Å². The molecule has 8 nitrogen and oxygen atoms in total. The van der Waals surface area contributed by atoms with Gasteiger partial charge < -0.3 is 24.8 Å². The van der Waals surface area contributed by atoms with Crippen molar-refractivity contribution < 1.29 is 24.2 Å². The number of carbonyl (C=O) groups is 2. The summed E-state index contributed by atoms with van der Waals surface area (Å²) in [5.74, 6) is 0.502. The van der Waals surface area contributed by atoms with Crippen LogP contribution in [0.15, 0.2) is 18.2 Å². The Morgan fingerprint density at radius 1 is 1.21 bits per heavy atom. The lowest BCUT2D eigenvalue weighted by molar-refractivity contribution is -0.144. The highest BCUT2D eigenvalue weighted by Crippen LogP contribution is 2.26. The molecule has 0 spiro atoms. The summed E-state index contributed by atoms with van der Waals surface area (Å²) in [6, 6.07) is 5.80. The van der Waals surface area contributed by atoms with Crippen LogP contribution in [0.25, 0.3) is 0 Å². The van der Waals surface area contributed by atoms with E-state index in [1.807, 2.05) is 18.2 Å². The second-order valence-electron chi connectivity index (χ2n) is 7.38. The van der Waals surface area contributed by atoms with Crippen molar-refractivity contribution in [1.82, 2.24) is 9.80 Å². The fourth-order valence-corrected chi connectivity index (χ4v) is 3.19. The number of piperazine rings is 1. The normalized spacial score (nSPS) is 15.2. The summed E-state index contributed by atoms with van der Waals surface area (Å²) in [7, 11) is 1.38. The molecule has 2 rings (SSSR count). The predicted octanol–water partition coefficient (Wildman–Crippen LogP) is 2.29. The summed E-state index contributed by atoms with van der Waals surface area (Å²) in [5, 5.41) is 12.2. The zero-order valence-corrected chi connectivity index (χ0v) is 17.2. The van der Waals surface area contributed by atoms with E-state index in [1.165, 1.54) is 12.0 Å². The van der Waals surface area contributed by atoms with E-state index in [2.05, 4.69) is 17.1 Å². The van der Waals surface area contributed by atoms with Gasteiger partial charge in [0.1, 0.15) is 17.9 Å². The average molecular weight is 393 g/mol. The quantitative estimate of drug-likeness (QED) is 0.655. The summed E-state index contributed by atoms with van der Waals surface area (Å²) in [6.45, 7) is 9.42. The maximum absolute atomic E-state index is 11.9. The number of amides is 1. The molecule has 0 unspecified atom stereocenters. The average Bonchev–Trinajstić information content (AvgIpc) is 2.68. The lowest BCUT2D eigenvalue weighted by atomic mass is 10.0. The van der Waals surface area contributed by atoms with Crippen molar-refractivity contribution in [3.05, 3.63) is 23.8 Å². The first-order chi connectivity index (χ1) is 13.3. The van der Waals surface area contributed by atoms with E-state index in [-0.39, 0.29) is 5.97 Å². The van der Waals surface area contributed by atoms with Crippen LogP contribution < -0.4 is 10.1 Å². The maximum Gasteiger partial charge on any atom is 0.407 e. The van der Waals surface area contributed by atoms with Crippen LogP contribution in [0.4, 0.5) is 10.5 Å². The molecule has 1 fully saturated rings. The second-order valence-corrected chi connectivity index (χ2v) is 7.38. The minimum atomic E-state index is -0.854. The van der Waals surface area contributed by atoms with Crippen LogP contribution in [0, 0.1) is 0 Å². The predicted molar refractivity (Wildman–Crippen MR) is 107 cm³/mol. The van der Waals surface area contributed by atoms with E-state index in [1.54, 1.807) is 13.8 Å². The van der Waals surface area contributed by atoms with E-state index >= 15 is 0 Å². The molecule has 2 N–H and O–H groups in total. The Bertz CT molecular complexity index is 684. The summed E-state index contributed by atoms with van der Waals surface area (Å²) < 4.78 is 10.8. The van der Waals surface area contributed by atoms with Crippen LogP contribution in [0.5, 0.6) is 5.75 Å². The Labute approximate surface area is 166 Å². The number of nitrogens with one attached hydrogen (secondary N) is 1. The van der Waals surface area contributed by atoms with Crippen molar-refractivity contribution >= 4 is 17.7 Å². The summed E-state index contributed by atoms with van der Waals surface area (Å²) >= 11 is 0. The van der Waals surface area contributed by atoms with Crippen molar-refractivity contribution in [2.45, 2.75) is 32.7 Å². The first-order valence-electron chi connectivity index (χ1n) is 9.59. The molecule has 156 valence electrons. The molecule has 0 saturated carbocycles. The number of nitrogens with zero attached hydrogens (tertiary/aromatic N) is 2. The molecule has 0 aromatic heterocycles. The standard InChI is InChI=1S/C20H31N3O5/c1-5-15-14-16(21-20(2,3)18(24)27-4)6-7-17(15)28-13-12-22-8-10-23(11-9-22)19(25)26/h6-7,14,21H,5,8-13H2,1-4H3,(H,25,26). The molecule has 1 amide bonds. The lowest BCUT2D eigenvalue weighted by Gasteiger charge is -2.32. The zero-order valence-electron chi connectivity index (χ0n) is 17.2. The summed E-state index contributed by atoms with van der Waals surface area (Å²) in [4.78, 5) is 26.5. The van der Waals surface area contributed by atoms with Crippen molar-refractivity contribution in [3.63, 3.8) is 0 Å². The molecule has 1 saturated heterocycles. The number of carboxylic acid groups (broad SMARTS) is 1. The number of hydrogen-bond acceptors (Lipinski definition) is 6. The van der Waals surface area contributed by atoms with Crippen LogP contribution >= 0.6 is 0 Å². The van der Waals surface area contributed by atoms with Gasteiger partial charge in [-0.2, -0.15) is 0 Å².